The fourth-order valence-electron chi connectivity index (χ4n) is 0.709. The minimum Gasteiger partial charge on any atom is -0.405 e. The molecular formula is C11H10N4. The molecule has 4 heteroatoms. The lowest BCUT2D eigenvalue weighted by Crippen LogP contribution is -1.78. The summed E-state index contributed by atoms with van der Waals surface area (Å²) in [6, 6.07) is 3.82. The molecule has 0 saturated carbocycles. The summed E-state index contributed by atoms with van der Waals surface area (Å²) in [7, 11) is 0. The maximum atomic E-state index is 8.61. The monoisotopic (exact) mass is 198 g/mol. The number of nitrogens with two attached hydrogens (primary N) is 1. The Hall–Kier alpha value is -2.59. The van der Waals surface area contributed by atoms with Crippen molar-refractivity contribution >= 4 is 6.21 Å². The molecule has 4 nitrogen and oxygen atoms in total. The van der Waals surface area contributed by atoms with E-state index >= 15 is 0 Å². The molecule has 0 aromatic heterocycles. The van der Waals surface area contributed by atoms with E-state index in [9.17, 15) is 0 Å². The number of nitriles is 2. The summed E-state index contributed by atoms with van der Waals surface area (Å²) in [6.07, 6.45) is 9.69. The van der Waals surface area contributed by atoms with E-state index < -0.39 is 0 Å². The number of nitrogens with zero attached hydrogens (tertiary/aromatic N) is 2. The Morgan fingerprint density at radius 3 is 2.13 bits per heavy atom. The van der Waals surface area contributed by atoms with Gasteiger partial charge in [0.15, 0.2) is 0 Å². The first-order valence-corrected chi connectivity index (χ1v) is 4.06. The minimum absolute atomic E-state index is 0.343. The average Bonchev–Trinajstić information content (AvgIpc) is 2.26. The first-order valence-electron chi connectivity index (χ1n) is 4.06. The molecule has 0 aromatic rings. The van der Waals surface area contributed by atoms with Crippen molar-refractivity contribution in [1.82, 2.24) is 0 Å². The fraction of sp³-hybridized carbons (Fsp3) is 0. The van der Waals surface area contributed by atoms with E-state index in [0.717, 1.165) is 6.21 Å². The smallest absolute Gasteiger partial charge is 0.0992 e. The maximum Gasteiger partial charge on any atom is 0.0992 e. The molecule has 3 N–H and O–H groups in total. The van der Waals surface area contributed by atoms with Crippen molar-refractivity contribution in [1.29, 1.82) is 15.9 Å². The lowest BCUT2D eigenvalue weighted by atomic mass is 10.2. The fourth-order valence-corrected chi connectivity index (χ4v) is 0.709. The predicted molar refractivity (Wildman–Crippen MR) is 58.6 cm³/mol. The van der Waals surface area contributed by atoms with Crippen molar-refractivity contribution < 1.29 is 0 Å². The Bertz CT molecular complexity index is 411. The quantitative estimate of drug-likeness (QED) is 0.407. The van der Waals surface area contributed by atoms with Gasteiger partial charge in [0.05, 0.1) is 23.3 Å². The maximum absolute atomic E-state index is 8.61. The van der Waals surface area contributed by atoms with E-state index in [-0.39, 0.29) is 0 Å². The molecule has 0 amide bonds. The number of hydrogen-bond donors (Lipinski definition) is 2. The molecule has 0 saturated heterocycles. The molecule has 0 atom stereocenters. The van der Waals surface area contributed by atoms with Crippen molar-refractivity contribution in [2.24, 2.45) is 5.73 Å². The Kier molecular flexibility index (Phi) is 6.64. The van der Waals surface area contributed by atoms with Gasteiger partial charge in [-0.2, -0.15) is 10.5 Å². The van der Waals surface area contributed by atoms with Gasteiger partial charge in [0, 0.05) is 6.21 Å². The first kappa shape index (κ1) is 12.4. The molecule has 0 fully saturated rings. The Morgan fingerprint density at radius 1 is 1.07 bits per heavy atom. The normalized spacial score (nSPS) is 12.7. The Morgan fingerprint density at radius 2 is 1.67 bits per heavy atom. The molecule has 15 heavy (non-hydrogen) atoms. The molecule has 74 valence electrons. The van der Waals surface area contributed by atoms with Crippen LogP contribution in [0.5, 0.6) is 0 Å². The van der Waals surface area contributed by atoms with Gasteiger partial charge in [-0.1, -0.05) is 6.08 Å². The van der Waals surface area contributed by atoms with Gasteiger partial charge in [-0.3, -0.25) is 0 Å². The summed E-state index contributed by atoms with van der Waals surface area (Å²) < 4.78 is 0. The number of rotatable bonds is 4. The summed E-state index contributed by atoms with van der Waals surface area (Å²) in [5, 5.41) is 24.0. The van der Waals surface area contributed by atoms with Gasteiger partial charge in [-0.05, 0) is 30.5 Å². The molecule has 0 bridgehead atoms. The van der Waals surface area contributed by atoms with Crippen LogP contribution in [0.25, 0.3) is 0 Å². The van der Waals surface area contributed by atoms with E-state index in [1.807, 2.05) is 12.1 Å². The highest BCUT2D eigenvalue weighted by Gasteiger charge is 1.86. The van der Waals surface area contributed by atoms with Crippen LogP contribution in [0.15, 0.2) is 47.7 Å². The van der Waals surface area contributed by atoms with Crippen molar-refractivity contribution in [2.45, 2.75) is 0 Å². The van der Waals surface area contributed by atoms with Crippen molar-refractivity contribution in [3.8, 4) is 12.1 Å². The van der Waals surface area contributed by atoms with Crippen molar-refractivity contribution in [3.05, 3.63) is 47.7 Å². The van der Waals surface area contributed by atoms with E-state index in [4.69, 9.17) is 21.7 Å². The van der Waals surface area contributed by atoms with Crippen LogP contribution in [0, 0.1) is 28.1 Å². The number of allylic oxidation sites excluding steroid dienone is 7. The van der Waals surface area contributed by atoms with Gasteiger partial charge in [0.2, 0.25) is 0 Å². The van der Waals surface area contributed by atoms with Gasteiger partial charge < -0.3 is 11.1 Å². The van der Waals surface area contributed by atoms with Crippen LogP contribution in [0.3, 0.4) is 0 Å². The molecule has 0 rings (SSSR count). The third-order valence-corrected chi connectivity index (χ3v) is 1.35. The van der Waals surface area contributed by atoms with Crippen LogP contribution in [-0.2, 0) is 0 Å². The van der Waals surface area contributed by atoms with Crippen LogP contribution in [0.4, 0.5) is 0 Å². The lowest BCUT2D eigenvalue weighted by molar-refractivity contribution is 1.48. The molecule has 0 aliphatic carbocycles. The second kappa shape index (κ2) is 8.03. The second-order valence-corrected chi connectivity index (χ2v) is 2.35. The van der Waals surface area contributed by atoms with E-state index in [2.05, 4.69) is 0 Å². The zero-order valence-electron chi connectivity index (χ0n) is 8.01. The highest BCUT2D eigenvalue weighted by atomic mass is 14.5. The van der Waals surface area contributed by atoms with Gasteiger partial charge in [-0.25, -0.2) is 0 Å². The number of hydrogen-bond acceptors (Lipinski definition) is 4. The average molecular weight is 198 g/mol. The molecule has 0 spiro atoms. The summed E-state index contributed by atoms with van der Waals surface area (Å²) in [4.78, 5) is 0. The van der Waals surface area contributed by atoms with Crippen molar-refractivity contribution in [3.63, 3.8) is 0 Å². The summed E-state index contributed by atoms with van der Waals surface area (Å²) >= 11 is 0. The predicted octanol–water partition coefficient (Wildman–Crippen LogP) is 1.56. The third kappa shape index (κ3) is 5.62. The first-order chi connectivity index (χ1) is 7.28. The van der Waals surface area contributed by atoms with Gasteiger partial charge in [-0.15, -0.1) is 0 Å². The van der Waals surface area contributed by atoms with E-state index in [0.29, 0.717) is 11.1 Å². The van der Waals surface area contributed by atoms with Gasteiger partial charge in [0.1, 0.15) is 0 Å². The largest absolute Gasteiger partial charge is 0.405 e. The van der Waals surface area contributed by atoms with Crippen LogP contribution < -0.4 is 5.73 Å². The zero-order valence-corrected chi connectivity index (χ0v) is 8.01. The van der Waals surface area contributed by atoms with Gasteiger partial charge in [0.25, 0.3) is 0 Å². The van der Waals surface area contributed by atoms with Crippen LogP contribution in [0.2, 0.25) is 0 Å². The Balaban J connectivity index is 4.69. The van der Waals surface area contributed by atoms with Crippen LogP contribution >= 0.6 is 0 Å². The lowest BCUT2D eigenvalue weighted by Gasteiger charge is -1.84. The molecule has 0 radical (unpaired) electrons. The highest BCUT2D eigenvalue weighted by Crippen LogP contribution is 1.97. The van der Waals surface area contributed by atoms with Crippen LogP contribution in [-0.4, -0.2) is 6.21 Å². The minimum atomic E-state index is 0.343. The SMILES string of the molecule is N#CC(=C\C=C\C(C#N)=C\C=N)/C=C/N. The van der Waals surface area contributed by atoms with Crippen molar-refractivity contribution in [2.75, 3.05) is 0 Å². The molecule has 0 aromatic carbocycles. The molecule has 0 unspecified atom stereocenters. The van der Waals surface area contributed by atoms with E-state index in [1.165, 1.54) is 30.5 Å². The summed E-state index contributed by atoms with van der Waals surface area (Å²) in [6.45, 7) is 0. The Labute approximate surface area is 88.4 Å². The molecule has 0 aliphatic heterocycles. The van der Waals surface area contributed by atoms with Crippen LogP contribution in [0.1, 0.15) is 0 Å². The summed E-state index contributed by atoms with van der Waals surface area (Å²) in [5.74, 6) is 0. The zero-order chi connectivity index (χ0) is 11.5. The second-order valence-electron chi connectivity index (χ2n) is 2.35. The molecular weight excluding hydrogens is 188 g/mol. The molecule has 0 heterocycles. The standard InChI is InChI=1S/C11H10N4/c12-6-4-10(8-14)2-1-3-11(9-15)5-7-13/h1-7,12H,13H2/b2-1+,7-5+,10-4-,11-3-,12-6?. The number of nitrogens with one attached hydrogen (secondary N) is 1. The highest BCUT2D eigenvalue weighted by molar-refractivity contribution is 5.71. The summed E-state index contributed by atoms with van der Waals surface area (Å²) in [5.41, 5.74) is 5.85. The molecule has 0 aliphatic rings. The topological polar surface area (TPSA) is 97.5 Å². The van der Waals surface area contributed by atoms with Gasteiger partial charge >= 0.3 is 0 Å². The van der Waals surface area contributed by atoms with E-state index in [1.54, 1.807) is 6.08 Å². The third-order valence-electron chi connectivity index (χ3n) is 1.35.